The lowest BCUT2D eigenvalue weighted by atomic mass is 9.85. The van der Waals surface area contributed by atoms with Gasteiger partial charge in [0, 0.05) is 32.6 Å². The number of carbonyl (C=O) groups is 1. The summed E-state index contributed by atoms with van der Waals surface area (Å²) in [7, 11) is 1.82. The molecule has 1 atom stereocenters. The zero-order valence-electron chi connectivity index (χ0n) is 17.5. The minimum absolute atomic E-state index is 0.0645. The summed E-state index contributed by atoms with van der Waals surface area (Å²) in [5.41, 5.74) is 3.80. The van der Waals surface area contributed by atoms with Gasteiger partial charge in [0.2, 0.25) is 5.91 Å². The van der Waals surface area contributed by atoms with E-state index in [2.05, 4.69) is 52.6 Å². The van der Waals surface area contributed by atoms with Gasteiger partial charge in [0.25, 0.3) is 0 Å². The second kappa shape index (κ2) is 9.92. The standard InChI is InChI=1S/C22H34N4O2/c1-16-8-9-19(17(2)14-16)20-15-26(12-13-28-20)22(23-3)25-11-5-10-24-21(27)18-6-4-7-18/h8-9,14,18,20H,4-7,10-13,15H2,1-3H3,(H,23,25)(H,24,27). The predicted octanol–water partition coefficient (Wildman–Crippen LogP) is 2.56. The summed E-state index contributed by atoms with van der Waals surface area (Å²) < 4.78 is 6.05. The van der Waals surface area contributed by atoms with Crippen molar-refractivity contribution in [3.8, 4) is 0 Å². The van der Waals surface area contributed by atoms with Crippen molar-refractivity contribution in [1.82, 2.24) is 15.5 Å². The first-order valence-corrected chi connectivity index (χ1v) is 10.5. The number of hydrogen-bond donors (Lipinski definition) is 2. The molecule has 6 nitrogen and oxygen atoms in total. The quantitative estimate of drug-likeness (QED) is 0.448. The number of morpholine rings is 1. The van der Waals surface area contributed by atoms with Crippen molar-refractivity contribution >= 4 is 11.9 Å². The lowest BCUT2D eigenvalue weighted by molar-refractivity contribution is -0.127. The van der Waals surface area contributed by atoms with Crippen LogP contribution in [0.3, 0.4) is 0 Å². The summed E-state index contributed by atoms with van der Waals surface area (Å²) >= 11 is 0. The van der Waals surface area contributed by atoms with E-state index in [1.165, 1.54) is 23.1 Å². The first kappa shape index (κ1) is 20.6. The highest BCUT2D eigenvalue weighted by Gasteiger charge is 2.26. The van der Waals surface area contributed by atoms with Gasteiger partial charge >= 0.3 is 0 Å². The van der Waals surface area contributed by atoms with E-state index >= 15 is 0 Å². The Morgan fingerprint density at radius 3 is 2.71 bits per heavy atom. The zero-order chi connectivity index (χ0) is 19.9. The van der Waals surface area contributed by atoms with E-state index in [4.69, 9.17) is 4.74 Å². The Morgan fingerprint density at radius 2 is 2.04 bits per heavy atom. The zero-order valence-corrected chi connectivity index (χ0v) is 17.5. The van der Waals surface area contributed by atoms with Crippen LogP contribution in [0.1, 0.15) is 48.5 Å². The second-order valence-corrected chi connectivity index (χ2v) is 7.91. The summed E-state index contributed by atoms with van der Waals surface area (Å²) in [5.74, 6) is 1.39. The van der Waals surface area contributed by atoms with Gasteiger partial charge in [-0.15, -0.1) is 0 Å². The van der Waals surface area contributed by atoms with Crippen LogP contribution < -0.4 is 10.6 Å². The molecule has 6 heteroatoms. The summed E-state index contributed by atoms with van der Waals surface area (Å²) in [6, 6.07) is 6.54. The fourth-order valence-electron chi connectivity index (χ4n) is 3.86. The normalized spacial score (nSPS) is 20.6. The third-order valence-electron chi connectivity index (χ3n) is 5.76. The van der Waals surface area contributed by atoms with Gasteiger partial charge in [-0.3, -0.25) is 9.79 Å². The molecular formula is C22H34N4O2. The van der Waals surface area contributed by atoms with Crippen LogP contribution in [0.5, 0.6) is 0 Å². The highest BCUT2D eigenvalue weighted by Crippen LogP contribution is 2.26. The van der Waals surface area contributed by atoms with Gasteiger partial charge < -0.3 is 20.3 Å². The molecule has 1 heterocycles. The predicted molar refractivity (Wildman–Crippen MR) is 113 cm³/mol. The largest absolute Gasteiger partial charge is 0.370 e. The fraction of sp³-hybridized carbons (Fsp3) is 0.636. The van der Waals surface area contributed by atoms with E-state index in [9.17, 15) is 4.79 Å². The van der Waals surface area contributed by atoms with Gasteiger partial charge in [-0.05, 0) is 44.2 Å². The minimum Gasteiger partial charge on any atom is -0.370 e. The number of carbonyl (C=O) groups excluding carboxylic acids is 1. The van der Waals surface area contributed by atoms with Gasteiger partial charge in [-0.2, -0.15) is 0 Å². The van der Waals surface area contributed by atoms with Crippen LogP contribution in [-0.2, 0) is 9.53 Å². The number of nitrogens with zero attached hydrogens (tertiary/aromatic N) is 2. The maximum atomic E-state index is 11.9. The molecule has 0 aromatic heterocycles. The third-order valence-corrected chi connectivity index (χ3v) is 5.76. The number of amides is 1. The van der Waals surface area contributed by atoms with Gasteiger partial charge in [0.1, 0.15) is 6.10 Å². The van der Waals surface area contributed by atoms with Crippen LogP contribution in [0, 0.1) is 19.8 Å². The van der Waals surface area contributed by atoms with E-state index in [1.807, 2.05) is 7.05 Å². The van der Waals surface area contributed by atoms with Gasteiger partial charge in [0.15, 0.2) is 5.96 Å². The van der Waals surface area contributed by atoms with Crippen molar-refractivity contribution in [3.05, 3.63) is 34.9 Å². The molecule has 3 rings (SSSR count). The van der Waals surface area contributed by atoms with Crippen LogP contribution in [0.4, 0.5) is 0 Å². The Hall–Kier alpha value is -2.08. The average molecular weight is 387 g/mol. The van der Waals surface area contributed by atoms with Crippen LogP contribution >= 0.6 is 0 Å². The molecule has 0 bridgehead atoms. The van der Waals surface area contributed by atoms with Crippen LogP contribution in [-0.4, -0.2) is 56.6 Å². The molecule has 154 valence electrons. The maximum absolute atomic E-state index is 11.9. The van der Waals surface area contributed by atoms with Gasteiger partial charge in [-0.25, -0.2) is 0 Å². The van der Waals surface area contributed by atoms with Crippen molar-refractivity contribution in [2.24, 2.45) is 10.9 Å². The molecule has 1 aromatic carbocycles. The Labute approximate surface area is 168 Å². The molecule has 28 heavy (non-hydrogen) atoms. The molecule has 0 radical (unpaired) electrons. The average Bonchev–Trinajstić information content (AvgIpc) is 2.63. The van der Waals surface area contributed by atoms with Crippen molar-refractivity contribution in [2.75, 3.05) is 39.8 Å². The molecule has 1 aromatic rings. The Morgan fingerprint density at radius 1 is 1.25 bits per heavy atom. The molecule has 1 saturated heterocycles. The molecule has 1 amide bonds. The topological polar surface area (TPSA) is 66.0 Å². The number of nitrogens with one attached hydrogen (secondary N) is 2. The number of benzene rings is 1. The number of aliphatic imine (C=N–C) groups is 1. The Kier molecular flexibility index (Phi) is 7.31. The summed E-state index contributed by atoms with van der Waals surface area (Å²) in [5, 5.41) is 6.48. The van der Waals surface area contributed by atoms with Crippen molar-refractivity contribution in [2.45, 2.75) is 45.6 Å². The molecule has 0 spiro atoms. The van der Waals surface area contributed by atoms with E-state index in [0.29, 0.717) is 13.2 Å². The summed E-state index contributed by atoms with van der Waals surface area (Å²) in [4.78, 5) is 18.6. The molecule has 2 N–H and O–H groups in total. The van der Waals surface area contributed by atoms with Crippen molar-refractivity contribution < 1.29 is 9.53 Å². The SMILES string of the molecule is CN=C(NCCCNC(=O)C1CCC1)N1CCOC(c2ccc(C)cc2C)C1. The molecule has 2 aliphatic rings. The summed E-state index contributed by atoms with van der Waals surface area (Å²) in [6.07, 6.45) is 4.25. The van der Waals surface area contributed by atoms with Crippen LogP contribution in [0.25, 0.3) is 0 Å². The molecule has 2 fully saturated rings. The summed E-state index contributed by atoms with van der Waals surface area (Å²) in [6.45, 7) is 8.09. The lowest BCUT2D eigenvalue weighted by Crippen LogP contribution is -2.48. The molecule has 1 unspecified atom stereocenters. The van der Waals surface area contributed by atoms with E-state index in [-0.39, 0.29) is 17.9 Å². The highest BCUT2D eigenvalue weighted by atomic mass is 16.5. The lowest BCUT2D eigenvalue weighted by Gasteiger charge is -2.36. The van der Waals surface area contributed by atoms with Crippen molar-refractivity contribution in [1.29, 1.82) is 0 Å². The Bertz CT molecular complexity index is 700. The Balaban J connectivity index is 1.45. The smallest absolute Gasteiger partial charge is 0.223 e. The van der Waals surface area contributed by atoms with Crippen LogP contribution in [0.2, 0.25) is 0 Å². The number of rotatable bonds is 6. The van der Waals surface area contributed by atoms with Crippen LogP contribution in [0.15, 0.2) is 23.2 Å². The number of hydrogen-bond acceptors (Lipinski definition) is 3. The second-order valence-electron chi connectivity index (χ2n) is 7.91. The van der Waals surface area contributed by atoms with Gasteiger partial charge in [-0.1, -0.05) is 30.2 Å². The first-order valence-electron chi connectivity index (χ1n) is 10.5. The van der Waals surface area contributed by atoms with Gasteiger partial charge in [0.05, 0.1) is 13.2 Å². The molecule has 1 aliphatic carbocycles. The highest BCUT2D eigenvalue weighted by molar-refractivity contribution is 5.80. The number of aryl methyl sites for hydroxylation is 2. The molecule has 1 aliphatic heterocycles. The monoisotopic (exact) mass is 386 g/mol. The van der Waals surface area contributed by atoms with E-state index in [1.54, 1.807) is 0 Å². The first-order chi connectivity index (χ1) is 13.6. The van der Waals surface area contributed by atoms with Crippen molar-refractivity contribution in [3.63, 3.8) is 0 Å². The molecule has 1 saturated carbocycles. The number of guanidine groups is 1. The maximum Gasteiger partial charge on any atom is 0.223 e. The fourth-order valence-corrected chi connectivity index (χ4v) is 3.86. The number of ether oxygens (including phenoxy) is 1. The van der Waals surface area contributed by atoms with E-state index < -0.39 is 0 Å². The minimum atomic E-state index is 0.0645. The van der Waals surface area contributed by atoms with E-state index in [0.717, 1.165) is 44.9 Å². The molecular weight excluding hydrogens is 352 g/mol. The third kappa shape index (κ3) is 5.25.